The van der Waals surface area contributed by atoms with Crippen molar-refractivity contribution in [1.82, 2.24) is 0 Å². The van der Waals surface area contributed by atoms with Crippen LogP contribution in [0.2, 0.25) is 0 Å². The highest BCUT2D eigenvalue weighted by Gasteiger charge is 2.15. The number of esters is 1. The molecule has 82 valence electrons. The van der Waals surface area contributed by atoms with Crippen LogP contribution in [0.3, 0.4) is 0 Å². The Bertz CT molecular complexity index is 477. The summed E-state index contributed by atoms with van der Waals surface area (Å²) in [4.78, 5) is 22.1. The minimum absolute atomic E-state index is 0.0904. The van der Waals surface area contributed by atoms with Gasteiger partial charge in [-0.15, -0.1) is 0 Å². The maximum Gasteiger partial charge on any atom is 0.310 e. The summed E-state index contributed by atoms with van der Waals surface area (Å²) in [6.07, 6.45) is 0.524. The molecule has 0 fully saturated rings. The lowest BCUT2D eigenvalue weighted by molar-refractivity contribution is -0.139. The minimum Gasteiger partial charge on any atom is -0.469 e. The number of ether oxygens (including phenoxy) is 1. The Kier molecular flexibility index (Phi) is 4.20. The van der Waals surface area contributed by atoms with Crippen LogP contribution >= 0.6 is 15.9 Å². The van der Waals surface area contributed by atoms with Crippen molar-refractivity contribution in [2.75, 3.05) is 7.11 Å². The Hall–Kier alpha value is -1.67. The molecule has 0 spiro atoms. The summed E-state index contributed by atoms with van der Waals surface area (Å²) < 4.78 is 5.07. The number of hydrogen-bond acceptors (Lipinski definition) is 4. The number of nitriles is 1. The molecule has 0 N–H and O–H groups in total. The van der Waals surface area contributed by atoms with E-state index in [9.17, 15) is 9.59 Å². The van der Waals surface area contributed by atoms with Crippen LogP contribution in [0.1, 0.15) is 21.5 Å². The van der Waals surface area contributed by atoms with Gasteiger partial charge in [0.2, 0.25) is 0 Å². The third-order valence-corrected chi connectivity index (χ3v) is 2.78. The van der Waals surface area contributed by atoms with Gasteiger partial charge in [0.05, 0.1) is 25.2 Å². The van der Waals surface area contributed by atoms with Gasteiger partial charge in [0.25, 0.3) is 0 Å². The molecule has 1 aromatic carbocycles. The van der Waals surface area contributed by atoms with Crippen molar-refractivity contribution in [1.29, 1.82) is 5.26 Å². The third kappa shape index (κ3) is 2.47. The highest BCUT2D eigenvalue weighted by Crippen LogP contribution is 2.23. The lowest BCUT2D eigenvalue weighted by atomic mass is 10.00. The van der Waals surface area contributed by atoms with Gasteiger partial charge < -0.3 is 4.74 Å². The zero-order valence-corrected chi connectivity index (χ0v) is 10.1. The number of rotatable bonds is 3. The maximum atomic E-state index is 11.2. The van der Waals surface area contributed by atoms with Crippen LogP contribution in [-0.2, 0) is 16.0 Å². The number of carbonyl (C=O) groups is 2. The van der Waals surface area contributed by atoms with Gasteiger partial charge >= 0.3 is 5.97 Å². The van der Waals surface area contributed by atoms with Crippen LogP contribution in [0, 0.1) is 11.3 Å². The van der Waals surface area contributed by atoms with E-state index in [-0.39, 0.29) is 6.42 Å². The van der Waals surface area contributed by atoms with E-state index < -0.39 is 5.97 Å². The number of aldehydes is 1. The van der Waals surface area contributed by atoms with Crippen LogP contribution < -0.4 is 0 Å². The topological polar surface area (TPSA) is 67.2 Å². The highest BCUT2D eigenvalue weighted by molar-refractivity contribution is 9.10. The lowest BCUT2D eigenvalue weighted by Gasteiger charge is -2.07. The first-order valence-electron chi connectivity index (χ1n) is 4.37. The predicted molar refractivity (Wildman–Crippen MR) is 60.0 cm³/mol. The van der Waals surface area contributed by atoms with Crippen LogP contribution in [0.15, 0.2) is 16.6 Å². The molecule has 0 radical (unpaired) electrons. The van der Waals surface area contributed by atoms with E-state index in [1.165, 1.54) is 7.11 Å². The van der Waals surface area contributed by atoms with E-state index in [2.05, 4.69) is 20.7 Å². The van der Waals surface area contributed by atoms with Crippen molar-refractivity contribution in [2.24, 2.45) is 0 Å². The molecule has 0 heterocycles. The standard InChI is InChI=1S/C11H8BrNO3/c1-16-11(15)4-8-7(5-13)2-3-10(12)9(8)6-14/h2-3,6H,4H2,1H3. The number of methoxy groups -OCH3 is 1. The number of carbonyl (C=O) groups excluding carboxylic acids is 2. The van der Waals surface area contributed by atoms with Crippen molar-refractivity contribution in [2.45, 2.75) is 6.42 Å². The monoisotopic (exact) mass is 281 g/mol. The van der Waals surface area contributed by atoms with E-state index in [1.54, 1.807) is 12.1 Å². The van der Waals surface area contributed by atoms with E-state index in [4.69, 9.17) is 5.26 Å². The van der Waals surface area contributed by atoms with Gasteiger partial charge in [-0.05, 0) is 17.7 Å². The Morgan fingerprint density at radius 1 is 1.62 bits per heavy atom. The molecular formula is C11H8BrNO3. The Morgan fingerprint density at radius 2 is 2.31 bits per heavy atom. The van der Waals surface area contributed by atoms with Crippen molar-refractivity contribution in [3.05, 3.63) is 33.3 Å². The van der Waals surface area contributed by atoms with Crippen molar-refractivity contribution in [3.8, 4) is 6.07 Å². The molecule has 0 saturated heterocycles. The molecule has 4 nitrogen and oxygen atoms in total. The van der Waals surface area contributed by atoms with Crippen molar-refractivity contribution < 1.29 is 14.3 Å². The summed E-state index contributed by atoms with van der Waals surface area (Å²) in [5.41, 5.74) is 0.999. The molecule has 0 aliphatic heterocycles. The minimum atomic E-state index is -0.488. The summed E-state index contributed by atoms with van der Waals surface area (Å²) >= 11 is 3.19. The zero-order chi connectivity index (χ0) is 12.1. The molecule has 16 heavy (non-hydrogen) atoms. The third-order valence-electron chi connectivity index (χ3n) is 2.09. The second-order valence-corrected chi connectivity index (χ2v) is 3.82. The van der Waals surface area contributed by atoms with Gasteiger partial charge in [-0.3, -0.25) is 9.59 Å². The molecule has 0 aliphatic carbocycles. The van der Waals surface area contributed by atoms with Gasteiger partial charge in [-0.2, -0.15) is 5.26 Å². The highest BCUT2D eigenvalue weighted by atomic mass is 79.9. The Morgan fingerprint density at radius 3 is 2.81 bits per heavy atom. The first-order chi connectivity index (χ1) is 7.63. The van der Waals surface area contributed by atoms with Gasteiger partial charge in [0.1, 0.15) is 0 Å². The van der Waals surface area contributed by atoms with Gasteiger partial charge in [-0.1, -0.05) is 15.9 Å². The molecule has 0 amide bonds. The average Bonchev–Trinajstić information content (AvgIpc) is 2.29. The molecular weight excluding hydrogens is 274 g/mol. The number of nitrogens with zero attached hydrogens (tertiary/aromatic N) is 1. The van der Waals surface area contributed by atoms with Crippen LogP contribution in [0.25, 0.3) is 0 Å². The predicted octanol–water partition coefficient (Wildman–Crippen LogP) is 1.85. The second-order valence-electron chi connectivity index (χ2n) is 2.97. The zero-order valence-electron chi connectivity index (χ0n) is 8.49. The normalized spacial score (nSPS) is 9.31. The van der Waals surface area contributed by atoms with E-state index >= 15 is 0 Å². The van der Waals surface area contributed by atoms with Crippen LogP contribution in [-0.4, -0.2) is 19.4 Å². The molecule has 1 rings (SSSR count). The van der Waals surface area contributed by atoms with Gasteiger partial charge in [0, 0.05) is 10.0 Å². The number of hydrogen-bond donors (Lipinski definition) is 0. The van der Waals surface area contributed by atoms with E-state index in [1.807, 2.05) is 6.07 Å². The molecule has 0 atom stereocenters. The van der Waals surface area contributed by atoms with E-state index in [0.29, 0.717) is 27.4 Å². The molecule has 1 aromatic rings. The summed E-state index contributed by atoms with van der Waals surface area (Å²) in [6, 6.07) is 5.09. The van der Waals surface area contributed by atoms with E-state index in [0.717, 1.165) is 0 Å². The fourth-order valence-corrected chi connectivity index (χ4v) is 1.74. The Balaban J connectivity index is 3.32. The second kappa shape index (κ2) is 5.42. The maximum absolute atomic E-state index is 11.2. The molecule has 5 heteroatoms. The van der Waals surface area contributed by atoms with Crippen LogP contribution in [0.4, 0.5) is 0 Å². The average molecular weight is 282 g/mol. The summed E-state index contributed by atoms with van der Waals surface area (Å²) in [7, 11) is 1.26. The smallest absolute Gasteiger partial charge is 0.310 e. The molecule has 0 bridgehead atoms. The Labute approximate surface area is 101 Å². The molecule has 0 unspecified atom stereocenters. The molecule has 0 aliphatic rings. The number of halogens is 1. The molecule has 0 saturated carbocycles. The van der Waals surface area contributed by atoms with Crippen LogP contribution in [0.5, 0.6) is 0 Å². The fraction of sp³-hybridized carbons (Fsp3) is 0.182. The SMILES string of the molecule is COC(=O)Cc1c(C#N)ccc(Br)c1C=O. The first kappa shape index (κ1) is 12.4. The van der Waals surface area contributed by atoms with Crippen molar-refractivity contribution >= 4 is 28.2 Å². The summed E-state index contributed by atoms with van der Waals surface area (Å²) in [6.45, 7) is 0. The summed E-state index contributed by atoms with van der Waals surface area (Å²) in [5, 5.41) is 8.88. The molecule has 0 aromatic heterocycles. The van der Waals surface area contributed by atoms with Crippen molar-refractivity contribution in [3.63, 3.8) is 0 Å². The first-order valence-corrected chi connectivity index (χ1v) is 5.16. The van der Waals surface area contributed by atoms with Gasteiger partial charge in [-0.25, -0.2) is 0 Å². The largest absolute Gasteiger partial charge is 0.469 e. The quantitative estimate of drug-likeness (QED) is 0.626. The number of benzene rings is 1. The van der Waals surface area contributed by atoms with Gasteiger partial charge in [0.15, 0.2) is 6.29 Å². The lowest BCUT2D eigenvalue weighted by Crippen LogP contribution is -2.09. The fourth-order valence-electron chi connectivity index (χ4n) is 1.28. The summed E-state index contributed by atoms with van der Waals surface area (Å²) in [5.74, 6) is -0.488.